The van der Waals surface area contributed by atoms with Gasteiger partial charge in [0.1, 0.15) is 6.33 Å². The number of hydrogen-bond acceptors (Lipinski definition) is 4. The molecule has 0 radical (unpaired) electrons. The molecule has 0 N–H and O–H groups in total. The molecule has 0 saturated heterocycles. The standard InChI is InChI=1S/C18H17N5O/c1-13-10-14-6-2-4-8-16(14)22(11-13)18(24)15-7-3-5-9-17(15)23-12-19-20-21-23/h2-9,12-13H,10-11H2,1H3. The maximum absolute atomic E-state index is 13.3. The topological polar surface area (TPSA) is 63.9 Å². The third-order valence-electron chi connectivity index (χ3n) is 4.32. The van der Waals surface area contributed by atoms with Gasteiger partial charge in [0.2, 0.25) is 0 Å². The molecule has 0 bridgehead atoms. The molecule has 24 heavy (non-hydrogen) atoms. The van der Waals surface area contributed by atoms with E-state index in [2.05, 4.69) is 28.5 Å². The minimum absolute atomic E-state index is 0.0277. The maximum Gasteiger partial charge on any atom is 0.260 e. The average molecular weight is 319 g/mol. The predicted molar refractivity (Wildman–Crippen MR) is 90.1 cm³/mol. The van der Waals surface area contributed by atoms with Crippen molar-refractivity contribution in [3.05, 3.63) is 66.0 Å². The smallest absolute Gasteiger partial charge is 0.260 e. The van der Waals surface area contributed by atoms with Crippen LogP contribution in [0, 0.1) is 5.92 Å². The van der Waals surface area contributed by atoms with E-state index in [4.69, 9.17) is 0 Å². The van der Waals surface area contributed by atoms with Crippen LogP contribution in [-0.2, 0) is 6.42 Å². The molecule has 3 aromatic rings. The van der Waals surface area contributed by atoms with E-state index in [1.165, 1.54) is 16.6 Å². The lowest BCUT2D eigenvalue weighted by atomic mass is 9.93. The van der Waals surface area contributed by atoms with Crippen molar-refractivity contribution in [2.45, 2.75) is 13.3 Å². The molecule has 2 heterocycles. The predicted octanol–water partition coefficient (Wildman–Crippen LogP) is 2.50. The van der Waals surface area contributed by atoms with E-state index in [1.54, 1.807) is 0 Å². The summed E-state index contributed by atoms with van der Waals surface area (Å²) in [6, 6.07) is 15.5. The Morgan fingerprint density at radius 2 is 1.83 bits per heavy atom. The summed E-state index contributed by atoms with van der Waals surface area (Å²) in [4.78, 5) is 15.1. The number of carbonyl (C=O) groups is 1. The molecule has 2 aromatic carbocycles. The van der Waals surface area contributed by atoms with E-state index >= 15 is 0 Å². The second-order valence-electron chi connectivity index (χ2n) is 6.13. The summed E-state index contributed by atoms with van der Waals surface area (Å²) in [6.45, 7) is 2.88. The SMILES string of the molecule is CC1Cc2ccccc2N(C(=O)c2ccccc2-n2cnnn2)C1. The summed E-state index contributed by atoms with van der Waals surface area (Å²) < 4.78 is 1.52. The second-order valence-corrected chi connectivity index (χ2v) is 6.13. The van der Waals surface area contributed by atoms with Gasteiger partial charge in [0.15, 0.2) is 0 Å². The minimum atomic E-state index is -0.0277. The molecular formula is C18H17N5O. The van der Waals surface area contributed by atoms with Crippen molar-refractivity contribution in [3.8, 4) is 5.69 Å². The highest BCUT2D eigenvalue weighted by atomic mass is 16.2. The number of anilines is 1. The van der Waals surface area contributed by atoms with Crippen LogP contribution in [0.5, 0.6) is 0 Å². The maximum atomic E-state index is 13.3. The number of fused-ring (bicyclic) bond motifs is 1. The van der Waals surface area contributed by atoms with E-state index in [0.29, 0.717) is 23.7 Å². The monoisotopic (exact) mass is 319 g/mol. The lowest BCUT2D eigenvalue weighted by Crippen LogP contribution is -2.39. The molecule has 6 nitrogen and oxygen atoms in total. The first-order valence-electron chi connectivity index (χ1n) is 7.96. The van der Waals surface area contributed by atoms with Gasteiger partial charge in [-0.2, -0.15) is 4.68 Å². The van der Waals surface area contributed by atoms with Gasteiger partial charge in [-0.3, -0.25) is 4.79 Å². The third kappa shape index (κ3) is 2.46. The molecule has 4 rings (SSSR count). The summed E-state index contributed by atoms with van der Waals surface area (Å²) in [5, 5.41) is 11.3. The average Bonchev–Trinajstić information content (AvgIpc) is 3.15. The van der Waals surface area contributed by atoms with Gasteiger partial charge in [0, 0.05) is 12.2 Å². The van der Waals surface area contributed by atoms with Gasteiger partial charge in [-0.1, -0.05) is 37.3 Å². The van der Waals surface area contributed by atoms with Crippen LogP contribution in [0.4, 0.5) is 5.69 Å². The fraction of sp³-hybridized carbons (Fsp3) is 0.222. The van der Waals surface area contributed by atoms with Crippen molar-refractivity contribution >= 4 is 11.6 Å². The molecule has 0 aliphatic carbocycles. The Bertz CT molecular complexity index is 875. The fourth-order valence-corrected chi connectivity index (χ4v) is 3.26. The number of tetrazole rings is 1. The van der Waals surface area contributed by atoms with Crippen LogP contribution < -0.4 is 4.90 Å². The summed E-state index contributed by atoms with van der Waals surface area (Å²) in [5.74, 6) is 0.393. The number of amides is 1. The highest BCUT2D eigenvalue weighted by Gasteiger charge is 2.28. The summed E-state index contributed by atoms with van der Waals surface area (Å²) in [7, 11) is 0. The lowest BCUT2D eigenvalue weighted by molar-refractivity contribution is 0.0981. The first-order chi connectivity index (χ1) is 11.7. The Morgan fingerprint density at radius 1 is 1.08 bits per heavy atom. The zero-order chi connectivity index (χ0) is 16.5. The zero-order valence-electron chi connectivity index (χ0n) is 13.3. The van der Waals surface area contributed by atoms with Crippen LogP contribution in [0.1, 0.15) is 22.8 Å². The Balaban J connectivity index is 1.78. The van der Waals surface area contributed by atoms with Gasteiger partial charge in [0.25, 0.3) is 5.91 Å². The quantitative estimate of drug-likeness (QED) is 0.728. The van der Waals surface area contributed by atoms with Gasteiger partial charge in [-0.15, -0.1) is 5.10 Å². The van der Waals surface area contributed by atoms with Gasteiger partial charge < -0.3 is 4.90 Å². The van der Waals surface area contributed by atoms with Crippen molar-refractivity contribution in [2.24, 2.45) is 5.92 Å². The van der Waals surface area contributed by atoms with Crippen molar-refractivity contribution in [1.82, 2.24) is 20.2 Å². The number of hydrogen-bond donors (Lipinski definition) is 0. The van der Waals surface area contributed by atoms with Gasteiger partial charge in [0.05, 0.1) is 11.3 Å². The molecule has 0 fully saturated rings. The summed E-state index contributed by atoms with van der Waals surface area (Å²) >= 11 is 0. The number of benzene rings is 2. The van der Waals surface area contributed by atoms with Crippen LogP contribution in [0.25, 0.3) is 5.69 Å². The Hall–Kier alpha value is -3.02. The van der Waals surface area contributed by atoms with Gasteiger partial charge in [-0.05, 0) is 46.5 Å². The van der Waals surface area contributed by atoms with E-state index in [0.717, 1.165) is 12.1 Å². The van der Waals surface area contributed by atoms with Crippen molar-refractivity contribution in [2.75, 3.05) is 11.4 Å². The molecule has 1 aromatic heterocycles. The highest BCUT2D eigenvalue weighted by Crippen LogP contribution is 2.31. The molecule has 0 spiro atoms. The number of rotatable bonds is 2. The van der Waals surface area contributed by atoms with Gasteiger partial charge >= 0.3 is 0 Å². The largest absolute Gasteiger partial charge is 0.308 e. The van der Waals surface area contributed by atoms with E-state index in [-0.39, 0.29) is 5.91 Å². The van der Waals surface area contributed by atoms with Crippen LogP contribution >= 0.6 is 0 Å². The van der Waals surface area contributed by atoms with E-state index < -0.39 is 0 Å². The number of nitrogens with zero attached hydrogens (tertiary/aromatic N) is 5. The third-order valence-corrected chi connectivity index (χ3v) is 4.32. The molecule has 120 valence electrons. The molecule has 1 atom stereocenters. The Morgan fingerprint density at radius 3 is 2.62 bits per heavy atom. The lowest BCUT2D eigenvalue weighted by Gasteiger charge is -2.33. The zero-order valence-corrected chi connectivity index (χ0v) is 13.3. The summed E-state index contributed by atoms with van der Waals surface area (Å²) in [5.41, 5.74) is 3.48. The second kappa shape index (κ2) is 5.88. The fourth-order valence-electron chi connectivity index (χ4n) is 3.26. The molecule has 1 aliphatic rings. The van der Waals surface area contributed by atoms with Crippen LogP contribution in [-0.4, -0.2) is 32.7 Å². The van der Waals surface area contributed by atoms with Crippen molar-refractivity contribution in [1.29, 1.82) is 0 Å². The molecular weight excluding hydrogens is 302 g/mol. The minimum Gasteiger partial charge on any atom is -0.308 e. The molecule has 1 aliphatic heterocycles. The van der Waals surface area contributed by atoms with E-state index in [1.807, 2.05) is 47.4 Å². The van der Waals surface area contributed by atoms with E-state index in [9.17, 15) is 4.79 Å². The normalized spacial score (nSPS) is 16.7. The number of aromatic nitrogens is 4. The Labute approximate surface area is 139 Å². The van der Waals surface area contributed by atoms with Crippen LogP contribution in [0.3, 0.4) is 0 Å². The van der Waals surface area contributed by atoms with Gasteiger partial charge in [-0.25, -0.2) is 0 Å². The van der Waals surface area contributed by atoms with Crippen LogP contribution in [0.15, 0.2) is 54.9 Å². The summed E-state index contributed by atoms with van der Waals surface area (Å²) in [6.07, 6.45) is 2.49. The van der Waals surface area contributed by atoms with Crippen molar-refractivity contribution < 1.29 is 4.79 Å². The first-order valence-corrected chi connectivity index (χ1v) is 7.96. The molecule has 1 amide bonds. The molecule has 1 unspecified atom stereocenters. The number of carbonyl (C=O) groups excluding carboxylic acids is 1. The molecule has 0 saturated carbocycles. The highest BCUT2D eigenvalue weighted by molar-refractivity contribution is 6.09. The number of para-hydroxylation sites is 2. The van der Waals surface area contributed by atoms with Crippen molar-refractivity contribution in [3.63, 3.8) is 0 Å². The Kier molecular flexibility index (Phi) is 3.57. The molecule has 6 heteroatoms. The first kappa shape index (κ1) is 14.6. The van der Waals surface area contributed by atoms with Crippen LogP contribution in [0.2, 0.25) is 0 Å².